The van der Waals surface area contributed by atoms with Crippen LogP contribution in [-0.2, 0) is 0 Å². The van der Waals surface area contributed by atoms with Gasteiger partial charge in [-0.15, -0.1) is 0 Å². The molecule has 65 valence electrons. The summed E-state index contributed by atoms with van der Waals surface area (Å²) in [6, 6.07) is 7.46. The molecule has 2 aromatic heterocycles. The van der Waals surface area contributed by atoms with E-state index < -0.39 is 0 Å². The van der Waals surface area contributed by atoms with Gasteiger partial charge in [-0.2, -0.15) is 0 Å². The second-order valence-electron chi connectivity index (χ2n) is 2.39. The van der Waals surface area contributed by atoms with Crippen LogP contribution in [0.1, 0.15) is 0 Å². The van der Waals surface area contributed by atoms with Crippen molar-refractivity contribution in [2.75, 3.05) is 0 Å². The summed E-state index contributed by atoms with van der Waals surface area (Å²) in [6.45, 7) is 0. The molecule has 0 fully saturated rings. The van der Waals surface area contributed by atoms with Gasteiger partial charge in [-0.1, -0.05) is 0 Å². The Hall–Kier alpha value is -1.78. The first-order chi connectivity index (χ1) is 6.45. The Balaban J connectivity index is 1.76. The SMILES string of the molecule is [B](On1cccc1)On1cccc1. The van der Waals surface area contributed by atoms with Gasteiger partial charge in [0, 0.05) is 24.8 Å². The molecule has 2 rings (SSSR count). The third-order valence-electron chi connectivity index (χ3n) is 1.48. The maximum atomic E-state index is 5.07. The normalized spacial score (nSPS) is 9.54. The minimum absolute atomic E-state index is 1.25. The van der Waals surface area contributed by atoms with E-state index in [2.05, 4.69) is 0 Å². The standard InChI is InChI=1S/C8H8BN2O2/c1-2-6-10(5-1)12-9-13-11-7-3-4-8-11/h1-8H. The van der Waals surface area contributed by atoms with Gasteiger partial charge in [0.2, 0.25) is 0 Å². The molecule has 0 saturated heterocycles. The summed E-state index contributed by atoms with van der Waals surface area (Å²) in [5.41, 5.74) is 0. The zero-order valence-corrected chi connectivity index (χ0v) is 6.91. The van der Waals surface area contributed by atoms with Gasteiger partial charge in [-0.3, -0.25) is 0 Å². The number of hydrogen-bond donors (Lipinski definition) is 0. The second-order valence-corrected chi connectivity index (χ2v) is 2.39. The number of aromatic nitrogens is 2. The number of nitrogens with zero attached hydrogens (tertiary/aromatic N) is 2. The quantitative estimate of drug-likeness (QED) is 0.628. The topological polar surface area (TPSA) is 28.3 Å². The molecule has 0 aliphatic rings. The molecule has 0 atom stereocenters. The summed E-state index contributed by atoms with van der Waals surface area (Å²) < 4.78 is 13.2. The predicted octanol–water partition coefficient (Wildman–Crippen LogP) is 0.381. The third-order valence-corrected chi connectivity index (χ3v) is 1.48. The van der Waals surface area contributed by atoms with Crippen molar-refractivity contribution in [2.45, 2.75) is 0 Å². The average molecular weight is 175 g/mol. The van der Waals surface area contributed by atoms with Gasteiger partial charge in [0.25, 0.3) is 0 Å². The van der Waals surface area contributed by atoms with Crippen LogP contribution >= 0.6 is 0 Å². The van der Waals surface area contributed by atoms with Crippen molar-refractivity contribution >= 4 is 7.69 Å². The summed E-state index contributed by atoms with van der Waals surface area (Å²) in [7, 11) is 1.25. The molecule has 1 radical (unpaired) electrons. The Bertz CT molecular complexity index is 297. The minimum atomic E-state index is 1.25. The van der Waals surface area contributed by atoms with E-state index in [9.17, 15) is 0 Å². The highest BCUT2D eigenvalue weighted by atomic mass is 16.7. The van der Waals surface area contributed by atoms with Crippen molar-refractivity contribution < 1.29 is 9.51 Å². The monoisotopic (exact) mass is 175 g/mol. The minimum Gasteiger partial charge on any atom is -0.435 e. The maximum absolute atomic E-state index is 5.07. The molecule has 0 bridgehead atoms. The Kier molecular flexibility index (Phi) is 2.27. The molecule has 13 heavy (non-hydrogen) atoms. The van der Waals surface area contributed by atoms with Gasteiger partial charge < -0.3 is 9.51 Å². The van der Waals surface area contributed by atoms with Crippen molar-refractivity contribution in [3.63, 3.8) is 0 Å². The van der Waals surface area contributed by atoms with Crippen LogP contribution in [0.5, 0.6) is 0 Å². The van der Waals surface area contributed by atoms with Crippen molar-refractivity contribution in [1.82, 2.24) is 9.46 Å². The lowest BCUT2D eigenvalue weighted by Gasteiger charge is -2.05. The van der Waals surface area contributed by atoms with Gasteiger partial charge in [-0.05, 0) is 24.3 Å². The van der Waals surface area contributed by atoms with E-state index in [1.54, 1.807) is 24.8 Å². The van der Waals surface area contributed by atoms with Crippen LogP contribution in [0.25, 0.3) is 0 Å². The second kappa shape index (κ2) is 3.75. The summed E-state index contributed by atoms with van der Waals surface area (Å²) >= 11 is 0. The van der Waals surface area contributed by atoms with Crippen LogP contribution < -0.4 is 9.51 Å². The molecule has 0 aliphatic carbocycles. The average Bonchev–Trinajstić information content (AvgIpc) is 2.75. The van der Waals surface area contributed by atoms with Gasteiger partial charge in [0.1, 0.15) is 0 Å². The predicted molar refractivity (Wildman–Crippen MR) is 47.8 cm³/mol. The largest absolute Gasteiger partial charge is 0.701 e. The van der Waals surface area contributed by atoms with E-state index >= 15 is 0 Å². The van der Waals surface area contributed by atoms with Crippen LogP contribution in [0.3, 0.4) is 0 Å². The molecule has 5 heteroatoms. The lowest BCUT2D eigenvalue weighted by Crippen LogP contribution is -2.25. The van der Waals surface area contributed by atoms with E-state index in [1.807, 2.05) is 24.3 Å². The molecule has 0 unspecified atom stereocenters. The summed E-state index contributed by atoms with van der Waals surface area (Å²) in [4.78, 5) is 0. The van der Waals surface area contributed by atoms with Crippen LogP contribution in [0.2, 0.25) is 0 Å². The van der Waals surface area contributed by atoms with Crippen LogP contribution in [0.15, 0.2) is 49.1 Å². The zero-order valence-electron chi connectivity index (χ0n) is 6.91. The van der Waals surface area contributed by atoms with Gasteiger partial charge in [0.15, 0.2) is 0 Å². The highest BCUT2D eigenvalue weighted by Crippen LogP contribution is 1.86. The zero-order chi connectivity index (χ0) is 8.93. The maximum Gasteiger partial charge on any atom is 0.701 e. The van der Waals surface area contributed by atoms with E-state index in [0.717, 1.165) is 0 Å². The van der Waals surface area contributed by atoms with Gasteiger partial charge in [-0.25, -0.2) is 9.46 Å². The van der Waals surface area contributed by atoms with Gasteiger partial charge in [0.05, 0.1) is 0 Å². The molecular formula is C8H8BN2O2. The Morgan fingerprint density at radius 2 is 1.08 bits per heavy atom. The van der Waals surface area contributed by atoms with Crippen molar-refractivity contribution in [1.29, 1.82) is 0 Å². The van der Waals surface area contributed by atoms with E-state index in [4.69, 9.17) is 9.51 Å². The van der Waals surface area contributed by atoms with Crippen molar-refractivity contribution in [3.8, 4) is 0 Å². The van der Waals surface area contributed by atoms with Crippen LogP contribution in [-0.4, -0.2) is 17.1 Å². The fourth-order valence-corrected chi connectivity index (χ4v) is 0.897. The van der Waals surface area contributed by atoms with Gasteiger partial charge >= 0.3 is 7.69 Å². The Morgan fingerprint density at radius 1 is 0.692 bits per heavy atom. The fourth-order valence-electron chi connectivity index (χ4n) is 0.897. The molecule has 4 nitrogen and oxygen atoms in total. The fraction of sp³-hybridized carbons (Fsp3) is 0. The van der Waals surface area contributed by atoms with Crippen molar-refractivity contribution in [2.24, 2.45) is 0 Å². The molecule has 0 amide bonds. The first-order valence-electron chi connectivity index (χ1n) is 3.87. The highest BCUT2D eigenvalue weighted by Gasteiger charge is 1.98. The lowest BCUT2D eigenvalue weighted by molar-refractivity contribution is 0.187. The number of rotatable bonds is 4. The van der Waals surface area contributed by atoms with Crippen LogP contribution in [0.4, 0.5) is 0 Å². The Labute approximate surface area is 76.5 Å². The molecule has 0 aliphatic heterocycles. The molecule has 0 spiro atoms. The summed E-state index contributed by atoms with van der Waals surface area (Å²) in [5.74, 6) is 0. The molecule has 0 N–H and O–H groups in total. The first-order valence-corrected chi connectivity index (χ1v) is 3.87. The molecule has 2 aromatic rings. The third kappa shape index (κ3) is 2.08. The smallest absolute Gasteiger partial charge is 0.435 e. The number of hydrogen-bond acceptors (Lipinski definition) is 2. The van der Waals surface area contributed by atoms with E-state index in [-0.39, 0.29) is 0 Å². The highest BCUT2D eigenvalue weighted by molar-refractivity contribution is 6.18. The van der Waals surface area contributed by atoms with Crippen molar-refractivity contribution in [3.05, 3.63) is 49.1 Å². The lowest BCUT2D eigenvalue weighted by atomic mass is 10.4. The Morgan fingerprint density at radius 3 is 1.46 bits per heavy atom. The molecule has 0 saturated carbocycles. The summed E-state index contributed by atoms with van der Waals surface area (Å²) in [5, 5.41) is 0. The van der Waals surface area contributed by atoms with Crippen LogP contribution in [0, 0.1) is 0 Å². The molecule has 0 aromatic carbocycles. The van der Waals surface area contributed by atoms with E-state index in [1.165, 1.54) is 17.1 Å². The molecular weight excluding hydrogens is 167 g/mol. The van der Waals surface area contributed by atoms with E-state index in [0.29, 0.717) is 0 Å². The molecule has 2 heterocycles. The summed E-state index contributed by atoms with van der Waals surface area (Å²) in [6.07, 6.45) is 7.09. The first kappa shape index (κ1) is 7.85.